The number of carboxylic acid groups (broad SMARTS) is 1. The average molecular weight is 281 g/mol. The van der Waals surface area contributed by atoms with Crippen molar-refractivity contribution in [2.24, 2.45) is 0 Å². The van der Waals surface area contributed by atoms with Crippen LogP contribution in [0.1, 0.15) is 20.7 Å². The third-order valence-electron chi connectivity index (χ3n) is 2.90. The van der Waals surface area contributed by atoms with Gasteiger partial charge in [0.05, 0.1) is 11.3 Å². The van der Waals surface area contributed by atoms with Crippen molar-refractivity contribution in [3.63, 3.8) is 0 Å². The third-order valence-corrected chi connectivity index (χ3v) is 2.90. The number of hydrogen-bond acceptors (Lipinski definition) is 3. The van der Waals surface area contributed by atoms with E-state index in [9.17, 15) is 14.4 Å². The molecule has 0 heterocycles. The van der Waals surface area contributed by atoms with Crippen LogP contribution in [0.4, 0.5) is 5.69 Å². The lowest BCUT2D eigenvalue weighted by molar-refractivity contribution is -0.131. The Hall–Kier alpha value is -2.89. The molecule has 5 nitrogen and oxygen atoms in total. The fourth-order valence-electron chi connectivity index (χ4n) is 1.86. The standard InChI is InChI=1S/C15H12BNO4/c16-10-6-7-11(13(18)15(20)21)12(8-10)17-14(19)9-4-2-1-3-5-9/h1-8H,16H2,(H,17,19)(H,20,21). The maximum absolute atomic E-state index is 12.1. The number of Topliss-reactive ketones (excluding diaryl/α,β-unsaturated/α-hetero) is 1. The van der Waals surface area contributed by atoms with Crippen LogP contribution in [-0.2, 0) is 4.79 Å². The fourth-order valence-corrected chi connectivity index (χ4v) is 1.86. The van der Waals surface area contributed by atoms with E-state index in [1.165, 1.54) is 6.07 Å². The zero-order valence-electron chi connectivity index (χ0n) is 11.3. The highest BCUT2D eigenvalue weighted by atomic mass is 16.4. The molecule has 0 aliphatic rings. The van der Waals surface area contributed by atoms with Crippen molar-refractivity contribution < 1.29 is 19.5 Å². The van der Waals surface area contributed by atoms with Gasteiger partial charge in [-0.3, -0.25) is 9.59 Å². The first-order valence-electron chi connectivity index (χ1n) is 6.23. The minimum Gasteiger partial charge on any atom is -0.475 e. The van der Waals surface area contributed by atoms with E-state index < -0.39 is 17.7 Å². The van der Waals surface area contributed by atoms with E-state index in [4.69, 9.17) is 5.11 Å². The summed E-state index contributed by atoms with van der Waals surface area (Å²) >= 11 is 0. The molecule has 21 heavy (non-hydrogen) atoms. The Labute approximate surface area is 122 Å². The summed E-state index contributed by atoms with van der Waals surface area (Å²) in [5.41, 5.74) is 1.38. The summed E-state index contributed by atoms with van der Waals surface area (Å²) in [4.78, 5) is 34.6. The summed E-state index contributed by atoms with van der Waals surface area (Å²) < 4.78 is 0. The lowest BCUT2D eigenvalue weighted by Gasteiger charge is -2.10. The molecule has 0 bridgehead atoms. The number of amides is 1. The summed E-state index contributed by atoms with van der Waals surface area (Å²) in [5.74, 6) is -3.02. The van der Waals surface area contributed by atoms with E-state index in [1.54, 1.807) is 50.3 Å². The van der Waals surface area contributed by atoms with Crippen LogP contribution in [0, 0.1) is 0 Å². The number of rotatable bonds is 4. The van der Waals surface area contributed by atoms with Gasteiger partial charge in [-0.1, -0.05) is 29.7 Å². The van der Waals surface area contributed by atoms with Crippen LogP contribution in [0.5, 0.6) is 0 Å². The Balaban J connectivity index is 2.35. The molecule has 0 aliphatic heterocycles. The smallest absolute Gasteiger partial charge is 0.377 e. The monoisotopic (exact) mass is 281 g/mol. The molecule has 1 amide bonds. The molecule has 2 aromatic rings. The first-order chi connectivity index (χ1) is 9.99. The Morgan fingerprint density at radius 2 is 1.67 bits per heavy atom. The molecule has 0 fully saturated rings. The molecule has 0 saturated heterocycles. The zero-order valence-corrected chi connectivity index (χ0v) is 11.3. The molecule has 0 saturated carbocycles. The van der Waals surface area contributed by atoms with Crippen LogP contribution in [0.25, 0.3) is 0 Å². The number of aliphatic carboxylic acids is 1. The van der Waals surface area contributed by atoms with Crippen molar-refractivity contribution in [2.75, 3.05) is 5.32 Å². The Morgan fingerprint density at radius 3 is 2.29 bits per heavy atom. The van der Waals surface area contributed by atoms with Gasteiger partial charge in [-0.15, -0.1) is 0 Å². The molecule has 0 unspecified atom stereocenters. The van der Waals surface area contributed by atoms with Crippen LogP contribution in [0.15, 0.2) is 48.5 Å². The van der Waals surface area contributed by atoms with Gasteiger partial charge in [-0.2, -0.15) is 0 Å². The molecule has 2 aromatic carbocycles. The molecule has 2 N–H and O–H groups in total. The molecule has 0 aromatic heterocycles. The summed E-state index contributed by atoms with van der Waals surface area (Å²) in [6.45, 7) is 0. The molecular weight excluding hydrogens is 269 g/mol. The predicted molar refractivity (Wildman–Crippen MR) is 81.0 cm³/mol. The highest BCUT2D eigenvalue weighted by Gasteiger charge is 2.19. The second-order valence-corrected chi connectivity index (χ2v) is 4.50. The SMILES string of the molecule is Bc1ccc(C(=O)C(=O)O)c(NC(=O)c2ccccc2)c1. The minimum absolute atomic E-state index is 0.0441. The van der Waals surface area contributed by atoms with Gasteiger partial charge in [-0.05, 0) is 24.3 Å². The molecule has 0 atom stereocenters. The van der Waals surface area contributed by atoms with E-state index in [0.717, 1.165) is 5.46 Å². The molecular formula is C15H12BNO4. The lowest BCUT2D eigenvalue weighted by atomic mass is 9.93. The Bertz CT molecular complexity index is 713. The predicted octanol–water partition coefficient (Wildman–Crippen LogP) is 0.465. The van der Waals surface area contributed by atoms with E-state index >= 15 is 0 Å². The summed E-state index contributed by atoms with van der Waals surface area (Å²) in [5, 5.41) is 11.4. The number of ketones is 1. The number of benzene rings is 2. The number of anilines is 1. The van der Waals surface area contributed by atoms with Crippen LogP contribution in [0.3, 0.4) is 0 Å². The van der Waals surface area contributed by atoms with Gasteiger partial charge in [-0.25, -0.2) is 4.79 Å². The topological polar surface area (TPSA) is 83.5 Å². The maximum Gasteiger partial charge on any atom is 0.377 e. The van der Waals surface area contributed by atoms with Crippen LogP contribution < -0.4 is 10.8 Å². The molecule has 2 rings (SSSR count). The van der Waals surface area contributed by atoms with Gasteiger partial charge in [0.2, 0.25) is 0 Å². The summed E-state index contributed by atoms with van der Waals surface area (Å²) in [6.07, 6.45) is 0. The van der Waals surface area contributed by atoms with E-state index in [2.05, 4.69) is 5.32 Å². The normalized spacial score (nSPS) is 9.90. The van der Waals surface area contributed by atoms with Crippen molar-refractivity contribution in [3.05, 3.63) is 59.7 Å². The Kier molecular flexibility index (Phi) is 4.18. The molecule has 0 radical (unpaired) electrons. The number of carbonyl (C=O) groups is 3. The summed E-state index contributed by atoms with van der Waals surface area (Å²) in [7, 11) is 1.78. The highest BCUT2D eigenvalue weighted by molar-refractivity contribution is 6.42. The first-order valence-corrected chi connectivity index (χ1v) is 6.23. The summed E-state index contributed by atoms with van der Waals surface area (Å²) in [6, 6.07) is 13.1. The van der Waals surface area contributed by atoms with Gasteiger partial charge in [0, 0.05) is 5.56 Å². The van der Waals surface area contributed by atoms with Crippen molar-refractivity contribution in [1.29, 1.82) is 0 Å². The first kappa shape index (κ1) is 14.5. The van der Waals surface area contributed by atoms with Gasteiger partial charge in [0.25, 0.3) is 11.7 Å². The number of nitrogens with one attached hydrogen (secondary N) is 1. The number of carboxylic acids is 1. The van der Waals surface area contributed by atoms with Crippen molar-refractivity contribution >= 4 is 36.7 Å². The second-order valence-electron chi connectivity index (χ2n) is 4.50. The van der Waals surface area contributed by atoms with Crippen molar-refractivity contribution in [2.45, 2.75) is 0 Å². The Morgan fingerprint density at radius 1 is 1.00 bits per heavy atom. The lowest BCUT2D eigenvalue weighted by Crippen LogP contribution is -2.20. The molecule has 0 spiro atoms. The van der Waals surface area contributed by atoms with Gasteiger partial charge >= 0.3 is 5.97 Å². The van der Waals surface area contributed by atoms with Crippen molar-refractivity contribution in [1.82, 2.24) is 0 Å². The van der Waals surface area contributed by atoms with Gasteiger partial charge in [0.15, 0.2) is 0 Å². The minimum atomic E-state index is -1.56. The fraction of sp³-hybridized carbons (Fsp3) is 0. The van der Waals surface area contributed by atoms with Gasteiger partial charge in [0.1, 0.15) is 7.85 Å². The van der Waals surface area contributed by atoms with Crippen LogP contribution in [-0.4, -0.2) is 30.6 Å². The quantitative estimate of drug-likeness (QED) is 0.484. The third kappa shape index (κ3) is 3.36. The molecule has 6 heteroatoms. The van der Waals surface area contributed by atoms with E-state index in [1.807, 2.05) is 0 Å². The van der Waals surface area contributed by atoms with Crippen LogP contribution >= 0.6 is 0 Å². The molecule has 104 valence electrons. The maximum atomic E-state index is 12.1. The zero-order chi connectivity index (χ0) is 15.4. The van der Waals surface area contributed by atoms with E-state index in [0.29, 0.717) is 5.56 Å². The average Bonchev–Trinajstić information content (AvgIpc) is 2.47. The molecule has 0 aliphatic carbocycles. The van der Waals surface area contributed by atoms with Crippen molar-refractivity contribution in [3.8, 4) is 0 Å². The van der Waals surface area contributed by atoms with Crippen LogP contribution in [0.2, 0.25) is 0 Å². The largest absolute Gasteiger partial charge is 0.475 e. The highest BCUT2D eigenvalue weighted by Crippen LogP contribution is 2.16. The number of carbonyl (C=O) groups excluding carboxylic acids is 2. The second kappa shape index (κ2) is 6.05. The number of hydrogen-bond donors (Lipinski definition) is 2. The van der Waals surface area contributed by atoms with E-state index in [-0.39, 0.29) is 11.3 Å². The van der Waals surface area contributed by atoms with Gasteiger partial charge < -0.3 is 10.4 Å².